The number of carbonyl (C=O) groups is 1. The Morgan fingerprint density at radius 2 is 1.92 bits per heavy atom. The molecule has 0 bridgehead atoms. The number of aliphatic hydroxyl groups excluding tert-OH is 1. The van der Waals surface area contributed by atoms with Gasteiger partial charge in [-0.25, -0.2) is 4.79 Å². The molecule has 78 valence electrons. The van der Waals surface area contributed by atoms with Crippen LogP contribution in [0.5, 0.6) is 0 Å². The molecule has 0 aromatic heterocycles. The second-order valence-corrected chi connectivity index (χ2v) is 3.45. The summed E-state index contributed by atoms with van der Waals surface area (Å²) in [6, 6.07) is 0. The molecule has 13 heavy (non-hydrogen) atoms. The minimum Gasteiger partial charge on any atom is -1.00 e. The maximum atomic E-state index is 10.4. The highest BCUT2D eigenvalue weighted by Crippen LogP contribution is 2.02. The number of aliphatic hydroxyl groups is 1. The first kappa shape index (κ1) is 15.1. The lowest BCUT2D eigenvalue weighted by Gasteiger charge is -2.28. The molecule has 5 heteroatoms. The molecule has 0 radical (unpaired) electrons. The van der Waals surface area contributed by atoms with Crippen molar-refractivity contribution in [2.24, 2.45) is 0 Å². The number of nitrogens with zero attached hydrogens (tertiary/aromatic N) is 1. The second kappa shape index (κ2) is 6.12. The predicted molar refractivity (Wildman–Crippen MR) is 45.7 cm³/mol. The van der Waals surface area contributed by atoms with Crippen LogP contribution in [0.15, 0.2) is 12.2 Å². The van der Waals surface area contributed by atoms with E-state index in [-0.39, 0.29) is 29.2 Å². The van der Waals surface area contributed by atoms with E-state index < -0.39 is 5.97 Å². The van der Waals surface area contributed by atoms with Crippen molar-refractivity contribution in [3.63, 3.8) is 0 Å². The molecule has 0 aliphatic carbocycles. The zero-order valence-electron chi connectivity index (χ0n) is 7.96. The van der Waals surface area contributed by atoms with E-state index in [2.05, 4.69) is 6.58 Å². The van der Waals surface area contributed by atoms with Gasteiger partial charge in [-0.2, -0.15) is 0 Å². The first-order valence-corrected chi connectivity index (χ1v) is 3.73. The van der Waals surface area contributed by atoms with Crippen LogP contribution in [0.3, 0.4) is 0 Å². The van der Waals surface area contributed by atoms with Crippen LogP contribution in [0.4, 0.5) is 0 Å². The molecule has 0 saturated heterocycles. The number of carboxylic acid groups (broad SMARTS) is 1. The summed E-state index contributed by atoms with van der Waals surface area (Å²) in [7, 11) is 3.70. The first-order valence-electron chi connectivity index (χ1n) is 3.73. The summed E-state index contributed by atoms with van der Waals surface area (Å²) >= 11 is 0. The Hall–Kier alpha value is -0.390. The van der Waals surface area contributed by atoms with Gasteiger partial charge >= 0.3 is 5.97 Å². The van der Waals surface area contributed by atoms with Gasteiger partial charge in [-0.1, -0.05) is 6.58 Å². The predicted octanol–water partition coefficient (Wildman–Crippen LogP) is -3.30. The topological polar surface area (TPSA) is 57.5 Å². The maximum Gasteiger partial charge on any atom is 0.336 e. The molecule has 0 unspecified atom stereocenters. The van der Waals surface area contributed by atoms with Crippen molar-refractivity contribution in [1.29, 1.82) is 0 Å². The van der Waals surface area contributed by atoms with E-state index >= 15 is 0 Å². The molecule has 0 atom stereocenters. The van der Waals surface area contributed by atoms with E-state index in [0.717, 1.165) is 0 Å². The number of rotatable bonds is 5. The van der Waals surface area contributed by atoms with Gasteiger partial charge in [-0.3, -0.25) is 0 Å². The lowest BCUT2D eigenvalue weighted by atomic mass is 10.2. The number of halogens is 1. The highest BCUT2D eigenvalue weighted by Gasteiger charge is 2.18. The van der Waals surface area contributed by atoms with E-state index in [1.54, 1.807) is 0 Å². The minimum atomic E-state index is -0.973. The molecule has 2 N–H and O–H groups in total. The van der Waals surface area contributed by atoms with Gasteiger partial charge in [-0.05, 0) is 0 Å². The molecule has 0 rings (SSSR count). The number of aliphatic carboxylic acids is 1. The van der Waals surface area contributed by atoms with Crippen molar-refractivity contribution in [2.75, 3.05) is 33.8 Å². The fourth-order valence-corrected chi connectivity index (χ4v) is 0.934. The second-order valence-electron chi connectivity index (χ2n) is 3.45. The Balaban J connectivity index is 0. The van der Waals surface area contributed by atoms with E-state index in [1.165, 1.54) is 0 Å². The summed E-state index contributed by atoms with van der Waals surface area (Å²) in [6.07, 6.45) is 0. The number of carboxylic acids is 1. The van der Waals surface area contributed by atoms with Crippen LogP contribution in [0.1, 0.15) is 0 Å². The maximum absolute atomic E-state index is 10.4. The number of quaternary nitrogens is 1. The lowest BCUT2D eigenvalue weighted by Crippen LogP contribution is -3.00. The first-order chi connectivity index (χ1) is 5.39. The quantitative estimate of drug-likeness (QED) is 0.399. The van der Waals surface area contributed by atoms with E-state index in [1.807, 2.05) is 14.1 Å². The van der Waals surface area contributed by atoms with Gasteiger partial charge in [0, 0.05) is 0 Å². The molecule has 0 fully saturated rings. The highest BCUT2D eigenvalue weighted by atomic mass is 79.9. The fourth-order valence-electron chi connectivity index (χ4n) is 0.934. The molecule has 0 saturated carbocycles. The zero-order valence-corrected chi connectivity index (χ0v) is 9.54. The van der Waals surface area contributed by atoms with Crippen molar-refractivity contribution in [3.8, 4) is 0 Å². The van der Waals surface area contributed by atoms with E-state index in [4.69, 9.17) is 10.2 Å². The van der Waals surface area contributed by atoms with Gasteiger partial charge in [0.2, 0.25) is 0 Å². The summed E-state index contributed by atoms with van der Waals surface area (Å²) in [4.78, 5) is 10.4. The molecule has 0 aliphatic heterocycles. The summed E-state index contributed by atoms with van der Waals surface area (Å²) in [5.74, 6) is -0.973. The number of hydrogen-bond acceptors (Lipinski definition) is 2. The Bertz CT molecular complexity index is 192. The molecule has 0 heterocycles. The third-order valence-electron chi connectivity index (χ3n) is 1.63. The molecule has 0 spiro atoms. The van der Waals surface area contributed by atoms with Gasteiger partial charge in [0.1, 0.15) is 13.1 Å². The normalized spacial score (nSPS) is 10.4. The van der Waals surface area contributed by atoms with Gasteiger partial charge in [-0.15, -0.1) is 0 Å². The van der Waals surface area contributed by atoms with Crippen molar-refractivity contribution < 1.29 is 36.5 Å². The number of hydrogen-bond donors (Lipinski definition) is 2. The van der Waals surface area contributed by atoms with Crippen molar-refractivity contribution >= 4 is 5.97 Å². The SMILES string of the molecule is C=C(C[N+](C)(C)CCO)C(=O)O.[Br-]. The minimum absolute atomic E-state index is 0. The fraction of sp³-hybridized carbons (Fsp3) is 0.625. The van der Waals surface area contributed by atoms with E-state index in [0.29, 0.717) is 17.6 Å². The van der Waals surface area contributed by atoms with Crippen LogP contribution < -0.4 is 17.0 Å². The Kier molecular flexibility index (Phi) is 7.11. The molecule has 0 aromatic carbocycles. The van der Waals surface area contributed by atoms with Crippen LogP contribution in [-0.2, 0) is 4.79 Å². The van der Waals surface area contributed by atoms with Gasteiger partial charge in [0.15, 0.2) is 0 Å². The smallest absolute Gasteiger partial charge is 0.336 e. The number of likely N-dealkylation sites (N-methyl/N-ethyl adjacent to an activating group) is 1. The Labute approximate surface area is 88.8 Å². The van der Waals surface area contributed by atoms with Crippen LogP contribution in [0.25, 0.3) is 0 Å². The largest absolute Gasteiger partial charge is 1.00 e. The van der Waals surface area contributed by atoms with Crippen LogP contribution in [0, 0.1) is 0 Å². The van der Waals surface area contributed by atoms with Crippen LogP contribution in [0.2, 0.25) is 0 Å². The summed E-state index contributed by atoms with van der Waals surface area (Å²) in [5.41, 5.74) is 0.174. The Morgan fingerprint density at radius 1 is 1.46 bits per heavy atom. The summed E-state index contributed by atoms with van der Waals surface area (Å²) in [6.45, 7) is 4.37. The third kappa shape index (κ3) is 6.74. The lowest BCUT2D eigenvalue weighted by molar-refractivity contribution is -0.885. The van der Waals surface area contributed by atoms with Crippen LogP contribution >= 0.6 is 0 Å². The molecule has 4 nitrogen and oxygen atoms in total. The third-order valence-corrected chi connectivity index (χ3v) is 1.63. The average molecular weight is 254 g/mol. The Morgan fingerprint density at radius 3 is 2.23 bits per heavy atom. The van der Waals surface area contributed by atoms with Gasteiger partial charge in [0.05, 0.1) is 26.3 Å². The van der Waals surface area contributed by atoms with Crippen molar-refractivity contribution in [3.05, 3.63) is 12.2 Å². The molecular formula is C8H16BrNO3. The molecular weight excluding hydrogens is 238 g/mol. The molecule has 0 aliphatic rings. The van der Waals surface area contributed by atoms with Crippen molar-refractivity contribution in [2.45, 2.75) is 0 Å². The van der Waals surface area contributed by atoms with E-state index in [9.17, 15) is 4.79 Å². The zero-order chi connectivity index (χ0) is 9.78. The summed E-state index contributed by atoms with van der Waals surface area (Å²) in [5, 5.41) is 17.2. The van der Waals surface area contributed by atoms with Gasteiger partial charge in [0.25, 0.3) is 0 Å². The highest BCUT2D eigenvalue weighted by molar-refractivity contribution is 5.85. The average Bonchev–Trinajstić information content (AvgIpc) is 1.85. The monoisotopic (exact) mass is 253 g/mol. The summed E-state index contributed by atoms with van der Waals surface area (Å²) < 4.78 is 0.446. The van der Waals surface area contributed by atoms with Gasteiger partial charge < -0.3 is 31.7 Å². The standard InChI is InChI=1S/C8H15NO3.BrH/c1-7(8(11)12)6-9(2,3)4-5-10;/h10H,1,4-6H2,2-3H3;1H. The van der Waals surface area contributed by atoms with Crippen LogP contribution in [-0.4, -0.2) is 54.5 Å². The molecule has 0 amide bonds. The molecule has 0 aromatic rings. The van der Waals surface area contributed by atoms with Crippen molar-refractivity contribution in [1.82, 2.24) is 0 Å².